The minimum Gasteiger partial charge on any atom is -0.456 e. The smallest absolute Gasteiger partial charge is 0.135 e. The predicted molar refractivity (Wildman–Crippen MR) is 191 cm³/mol. The van der Waals surface area contributed by atoms with Gasteiger partial charge in [0.15, 0.2) is 0 Å². The number of furan rings is 1. The van der Waals surface area contributed by atoms with Crippen molar-refractivity contribution in [3.05, 3.63) is 158 Å². The SMILES string of the molecule is c1ccc2c(c1)Oc1cccc3cc(-c4ccc(-c5ccc(-c6ccc7c8ccccc8c8ccccc8c7c6)cc5)o4)cc-2c13. The van der Waals surface area contributed by atoms with Crippen molar-refractivity contribution < 1.29 is 9.15 Å². The van der Waals surface area contributed by atoms with Crippen molar-refractivity contribution in [1.29, 1.82) is 0 Å². The first kappa shape index (κ1) is 25.2. The third kappa shape index (κ3) is 3.77. The van der Waals surface area contributed by atoms with Crippen molar-refractivity contribution >= 4 is 43.1 Å². The molecule has 0 radical (unpaired) electrons. The van der Waals surface area contributed by atoms with E-state index in [1.54, 1.807) is 0 Å². The summed E-state index contributed by atoms with van der Waals surface area (Å²) in [5.74, 6) is 3.47. The Hall–Kier alpha value is -6.12. The van der Waals surface area contributed by atoms with Gasteiger partial charge in [-0.2, -0.15) is 0 Å². The number of rotatable bonds is 3. The zero-order valence-corrected chi connectivity index (χ0v) is 24.8. The lowest BCUT2D eigenvalue weighted by Crippen LogP contribution is -1.97. The first-order valence-corrected chi connectivity index (χ1v) is 15.7. The van der Waals surface area contributed by atoms with Crippen LogP contribution in [0.15, 0.2) is 162 Å². The minimum absolute atomic E-state index is 0.847. The van der Waals surface area contributed by atoms with E-state index in [4.69, 9.17) is 9.15 Å². The maximum atomic E-state index is 6.50. The average Bonchev–Trinajstić information content (AvgIpc) is 3.62. The molecule has 214 valence electrons. The molecule has 2 heteroatoms. The summed E-state index contributed by atoms with van der Waals surface area (Å²) < 4.78 is 12.7. The molecule has 0 amide bonds. The van der Waals surface area contributed by atoms with E-state index in [1.165, 1.54) is 49.0 Å². The Kier molecular flexibility index (Phi) is 5.31. The van der Waals surface area contributed by atoms with E-state index in [0.29, 0.717) is 0 Å². The van der Waals surface area contributed by atoms with Crippen molar-refractivity contribution in [2.24, 2.45) is 0 Å². The molecule has 8 aromatic carbocycles. The molecule has 9 aromatic rings. The summed E-state index contributed by atoms with van der Waals surface area (Å²) in [4.78, 5) is 0. The second kappa shape index (κ2) is 9.69. The summed E-state index contributed by atoms with van der Waals surface area (Å²) in [6.07, 6.45) is 0. The quantitative estimate of drug-likeness (QED) is 0.192. The fourth-order valence-corrected chi connectivity index (χ4v) is 7.29. The van der Waals surface area contributed by atoms with E-state index < -0.39 is 0 Å². The molecule has 0 atom stereocenters. The highest BCUT2D eigenvalue weighted by Gasteiger charge is 2.21. The Morgan fingerprint density at radius 3 is 1.67 bits per heavy atom. The standard InChI is InChI=1S/C44H26O2/c1-2-11-34-32(9-1)33-10-3-4-12-35(33)38-25-29(20-21-36(34)38)27-16-18-28(19-17-27)40-22-23-41(45-40)31-24-30-8-7-15-43-44(30)39(26-31)37-13-5-6-14-42(37)46-43/h1-26H. The third-order valence-electron chi connectivity index (χ3n) is 9.47. The van der Waals surface area contributed by atoms with Gasteiger partial charge in [0.25, 0.3) is 0 Å². The van der Waals surface area contributed by atoms with Gasteiger partial charge in [0.1, 0.15) is 23.0 Å². The van der Waals surface area contributed by atoms with Crippen LogP contribution in [0.3, 0.4) is 0 Å². The molecule has 0 aliphatic carbocycles. The minimum atomic E-state index is 0.847. The second-order valence-electron chi connectivity index (χ2n) is 12.1. The molecule has 1 aromatic heterocycles. The molecule has 0 saturated heterocycles. The molecule has 0 bridgehead atoms. The molecule has 2 nitrogen and oxygen atoms in total. The third-order valence-corrected chi connectivity index (χ3v) is 9.47. The Morgan fingerprint density at radius 1 is 0.326 bits per heavy atom. The van der Waals surface area contributed by atoms with Crippen LogP contribution < -0.4 is 4.74 Å². The van der Waals surface area contributed by atoms with Gasteiger partial charge < -0.3 is 9.15 Å². The van der Waals surface area contributed by atoms with Crippen LogP contribution in [0, 0.1) is 0 Å². The molecular weight excluding hydrogens is 560 g/mol. The maximum Gasteiger partial charge on any atom is 0.135 e. The van der Waals surface area contributed by atoms with E-state index in [1.807, 2.05) is 18.2 Å². The molecule has 0 unspecified atom stereocenters. The maximum absolute atomic E-state index is 6.50. The number of hydrogen-bond donors (Lipinski definition) is 0. The predicted octanol–water partition coefficient (Wildman–Crippen LogP) is 12.7. The molecule has 46 heavy (non-hydrogen) atoms. The number of ether oxygens (including phenoxy) is 1. The van der Waals surface area contributed by atoms with E-state index in [-0.39, 0.29) is 0 Å². The lowest BCUT2D eigenvalue weighted by molar-refractivity contribution is 0.487. The molecule has 0 spiro atoms. The van der Waals surface area contributed by atoms with Crippen molar-refractivity contribution in [1.82, 2.24) is 0 Å². The zero-order chi connectivity index (χ0) is 30.2. The Labute approximate surface area is 265 Å². The number of para-hydroxylation sites is 1. The highest BCUT2D eigenvalue weighted by atomic mass is 16.5. The van der Waals surface area contributed by atoms with Crippen LogP contribution in [0.2, 0.25) is 0 Å². The molecule has 2 heterocycles. The van der Waals surface area contributed by atoms with Crippen molar-refractivity contribution in [3.63, 3.8) is 0 Å². The summed E-state index contributed by atoms with van der Waals surface area (Å²) in [6.45, 7) is 0. The van der Waals surface area contributed by atoms with Gasteiger partial charge in [-0.15, -0.1) is 0 Å². The molecule has 0 N–H and O–H groups in total. The van der Waals surface area contributed by atoms with E-state index in [2.05, 4.69) is 140 Å². The Balaban J connectivity index is 1.02. The van der Waals surface area contributed by atoms with E-state index in [0.717, 1.165) is 50.5 Å². The van der Waals surface area contributed by atoms with Gasteiger partial charge in [0, 0.05) is 22.1 Å². The molecular formula is C44H26O2. The molecule has 10 rings (SSSR count). The van der Waals surface area contributed by atoms with Crippen molar-refractivity contribution in [2.75, 3.05) is 0 Å². The van der Waals surface area contributed by atoms with E-state index >= 15 is 0 Å². The van der Waals surface area contributed by atoms with Crippen LogP contribution in [0.4, 0.5) is 0 Å². The lowest BCUT2D eigenvalue weighted by atomic mass is 9.92. The normalized spacial score (nSPS) is 12.1. The van der Waals surface area contributed by atoms with Gasteiger partial charge in [0.2, 0.25) is 0 Å². The zero-order valence-electron chi connectivity index (χ0n) is 24.8. The van der Waals surface area contributed by atoms with Gasteiger partial charge in [-0.05, 0) is 96.9 Å². The van der Waals surface area contributed by atoms with Crippen LogP contribution in [0.25, 0.3) is 88.0 Å². The number of hydrogen-bond acceptors (Lipinski definition) is 2. The summed E-state index contributed by atoms with van der Waals surface area (Å²) in [5.41, 5.74) is 6.76. The van der Waals surface area contributed by atoms with Gasteiger partial charge >= 0.3 is 0 Å². The first-order valence-electron chi connectivity index (χ1n) is 15.7. The fraction of sp³-hybridized carbons (Fsp3) is 0. The van der Waals surface area contributed by atoms with Crippen LogP contribution in [-0.4, -0.2) is 0 Å². The topological polar surface area (TPSA) is 22.4 Å². The second-order valence-corrected chi connectivity index (χ2v) is 12.1. The van der Waals surface area contributed by atoms with Crippen molar-refractivity contribution in [2.45, 2.75) is 0 Å². The first-order chi connectivity index (χ1) is 22.8. The van der Waals surface area contributed by atoms with Gasteiger partial charge in [-0.1, -0.05) is 115 Å². The lowest BCUT2D eigenvalue weighted by Gasteiger charge is -2.21. The molecule has 1 aliphatic heterocycles. The summed E-state index contributed by atoms with van der Waals surface area (Å²) in [6, 6.07) is 56.0. The highest BCUT2D eigenvalue weighted by molar-refractivity contribution is 6.25. The van der Waals surface area contributed by atoms with Gasteiger partial charge in [0.05, 0.1) is 0 Å². The Morgan fingerprint density at radius 2 is 0.913 bits per heavy atom. The monoisotopic (exact) mass is 586 g/mol. The van der Waals surface area contributed by atoms with Crippen LogP contribution in [-0.2, 0) is 0 Å². The Bertz CT molecular complexity index is 2620. The number of fused-ring (bicyclic) bond motifs is 8. The summed E-state index contributed by atoms with van der Waals surface area (Å²) >= 11 is 0. The van der Waals surface area contributed by atoms with Crippen LogP contribution in [0.1, 0.15) is 0 Å². The summed E-state index contributed by atoms with van der Waals surface area (Å²) in [7, 11) is 0. The fourth-order valence-electron chi connectivity index (χ4n) is 7.29. The molecule has 0 fully saturated rings. The molecule has 1 aliphatic rings. The van der Waals surface area contributed by atoms with Crippen LogP contribution in [0.5, 0.6) is 11.5 Å². The summed E-state index contributed by atoms with van der Waals surface area (Å²) in [5, 5.41) is 10.0. The number of benzene rings is 8. The van der Waals surface area contributed by atoms with Crippen molar-refractivity contribution in [3.8, 4) is 56.4 Å². The van der Waals surface area contributed by atoms with E-state index in [9.17, 15) is 0 Å². The highest BCUT2D eigenvalue weighted by Crippen LogP contribution is 2.48. The van der Waals surface area contributed by atoms with Gasteiger partial charge in [-0.25, -0.2) is 0 Å². The molecule has 0 saturated carbocycles. The van der Waals surface area contributed by atoms with Gasteiger partial charge in [-0.3, -0.25) is 0 Å². The largest absolute Gasteiger partial charge is 0.456 e. The average molecular weight is 587 g/mol. The van der Waals surface area contributed by atoms with Crippen LogP contribution >= 0.6 is 0 Å².